The lowest BCUT2D eigenvalue weighted by atomic mass is 10.1. The quantitative estimate of drug-likeness (QED) is 0.460. The molecule has 0 amide bonds. The first-order valence-corrected chi connectivity index (χ1v) is 11.4. The smallest absolute Gasteiger partial charge is 0.461 e. The van der Waals surface area contributed by atoms with E-state index in [0.717, 1.165) is 12.1 Å². The maximum absolute atomic E-state index is 13.4. The number of thiophene rings is 1. The number of halogens is 5. The lowest BCUT2D eigenvalue weighted by Gasteiger charge is -2.15. The molecule has 0 unspecified atom stereocenters. The molecule has 1 fully saturated rings. The van der Waals surface area contributed by atoms with E-state index < -0.39 is 51.0 Å². The van der Waals surface area contributed by atoms with E-state index in [1.807, 2.05) is 0 Å². The van der Waals surface area contributed by atoms with Gasteiger partial charge in [0.25, 0.3) is 10.0 Å². The van der Waals surface area contributed by atoms with Crippen molar-refractivity contribution >= 4 is 27.3 Å². The minimum absolute atomic E-state index is 0.0168. The van der Waals surface area contributed by atoms with Gasteiger partial charge < -0.3 is 9.63 Å². The van der Waals surface area contributed by atoms with Crippen LogP contribution in [0.4, 0.5) is 22.0 Å². The summed E-state index contributed by atoms with van der Waals surface area (Å²) >= 11 is 0.510. The minimum atomic E-state index is -5.90. The summed E-state index contributed by atoms with van der Waals surface area (Å²) in [6.45, 7) is 0. The standard InChI is InChI=1S/C19H13F5N2O5S2/c20-18(21,19(22,23)24)14-8-12(25-31-14)13-6-7-15(32-13)33(29,30)26-17(16(27)28)9-11(17)10-4-2-1-3-5-10/h1-8,11,26H,9H2,(H,27,28)/t11-,17-/m0/s1. The molecule has 176 valence electrons. The lowest BCUT2D eigenvalue weighted by molar-refractivity contribution is -0.296. The molecule has 2 aromatic heterocycles. The van der Waals surface area contributed by atoms with Crippen molar-refractivity contribution in [3.63, 3.8) is 0 Å². The van der Waals surface area contributed by atoms with Gasteiger partial charge in [-0.05, 0) is 24.1 Å². The van der Waals surface area contributed by atoms with E-state index in [9.17, 15) is 40.3 Å². The number of alkyl halides is 5. The van der Waals surface area contributed by atoms with Gasteiger partial charge in [0.05, 0.1) is 4.88 Å². The first-order valence-electron chi connectivity index (χ1n) is 9.12. The van der Waals surface area contributed by atoms with E-state index in [1.54, 1.807) is 30.3 Å². The molecule has 1 aliphatic rings. The summed E-state index contributed by atoms with van der Waals surface area (Å²) in [4.78, 5) is 11.8. The van der Waals surface area contributed by atoms with Gasteiger partial charge >= 0.3 is 18.1 Å². The highest BCUT2D eigenvalue weighted by molar-refractivity contribution is 7.91. The summed E-state index contributed by atoms with van der Waals surface area (Å²) in [7, 11) is -4.37. The highest BCUT2D eigenvalue weighted by atomic mass is 32.2. The second-order valence-corrected chi connectivity index (χ2v) is 10.3. The van der Waals surface area contributed by atoms with Crippen molar-refractivity contribution in [1.29, 1.82) is 0 Å². The van der Waals surface area contributed by atoms with Crippen LogP contribution in [0.5, 0.6) is 0 Å². The number of nitrogens with one attached hydrogen (secondary N) is 1. The van der Waals surface area contributed by atoms with Gasteiger partial charge in [-0.2, -0.15) is 26.7 Å². The second-order valence-electron chi connectivity index (χ2n) is 7.32. The number of nitrogens with zero attached hydrogens (tertiary/aromatic N) is 1. The van der Waals surface area contributed by atoms with Crippen molar-refractivity contribution in [1.82, 2.24) is 9.88 Å². The molecule has 2 N–H and O–H groups in total. The third-order valence-corrected chi connectivity index (χ3v) is 8.24. The summed E-state index contributed by atoms with van der Waals surface area (Å²) < 4.78 is 96.0. The van der Waals surface area contributed by atoms with Crippen LogP contribution in [-0.2, 0) is 20.7 Å². The Labute approximate surface area is 186 Å². The minimum Gasteiger partial charge on any atom is -0.480 e. The zero-order valence-corrected chi connectivity index (χ0v) is 17.8. The summed E-state index contributed by atoms with van der Waals surface area (Å²) in [5.41, 5.74) is -1.56. The molecule has 0 radical (unpaired) electrons. The Morgan fingerprint density at radius 3 is 2.42 bits per heavy atom. The number of carboxylic acids is 1. The van der Waals surface area contributed by atoms with Gasteiger partial charge in [0.1, 0.15) is 15.4 Å². The average Bonchev–Trinajstić information content (AvgIpc) is 3.11. The molecular formula is C19H13F5N2O5S2. The van der Waals surface area contributed by atoms with Crippen molar-refractivity contribution in [3.05, 3.63) is 59.9 Å². The number of carbonyl (C=O) groups is 1. The number of sulfonamides is 1. The Kier molecular flexibility index (Phi) is 5.37. The van der Waals surface area contributed by atoms with Gasteiger partial charge in [0.15, 0.2) is 0 Å². The van der Waals surface area contributed by atoms with Crippen molar-refractivity contribution in [2.24, 2.45) is 0 Å². The van der Waals surface area contributed by atoms with Crippen molar-refractivity contribution in [3.8, 4) is 10.6 Å². The van der Waals surface area contributed by atoms with E-state index in [-0.39, 0.29) is 15.5 Å². The molecule has 3 aromatic rings. The molecule has 2 heterocycles. The molecular weight excluding hydrogens is 495 g/mol. The molecule has 0 saturated heterocycles. The number of hydrogen-bond donors (Lipinski definition) is 2. The van der Waals surface area contributed by atoms with Gasteiger partial charge in [-0.25, -0.2) is 8.42 Å². The topological polar surface area (TPSA) is 110 Å². The van der Waals surface area contributed by atoms with Gasteiger partial charge in [-0.3, -0.25) is 4.79 Å². The zero-order valence-electron chi connectivity index (χ0n) is 16.1. The summed E-state index contributed by atoms with van der Waals surface area (Å²) in [5, 5.41) is 12.8. The van der Waals surface area contributed by atoms with Crippen molar-refractivity contribution in [2.75, 3.05) is 0 Å². The maximum atomic E-state index is 13.4. The molecule has 0 bridgehead atoms. The second kappa shape index (κ2) is 7.60. The number of rotatable bonds is 7. The summed E-state index contributed by atoms with van der Waals surface area (Å²) in [6.07, 6.45) is -5.88. The van der Waals surface area contributed by atoms with Crippen LogP contribution in [0.25, 0.3) is 10.6 Å². The fourth-order valence-corrected chi connectivity index (χ4v) is 5.98. The number of carboxylic acid groups (broad SMARTS) is 1. The molecule has 1 aliphatic carbocycles. The highest BCUT2D eigenvalue weighted by Gasteiger charge is 2.63. The maximum Gasteiger partial charge on any atom is 0.461 e. The molecule has 4 rings (SSSR count). The van der Waals surface area contributed by atoms with Gasteiger partial charge in [-0.1, -0.05) is 35.5 Å². The number of aromatic nitrogens is 1. The zero-order chi connectivity index (χ0) is 24.2. The van der Waals surface area contributed by atoms with Crippen molar-refractivity contribution in [2.45, 2.75) is 34.2 Å². The van der Waals surface area contributed by atoms with E-state index >= 15 is 0 Å². The van der Waals surface area contributed by atoms with E-state index in [2.05, 4.69) is 14.4 Å². The predicted octanol–water partition coefficient (Wildman–Crippen LogP) is 4.35. The highest BCUT2D eigenvalue weighted by Crippen LogP contribution is 2.52. The Morgan fingerprint density at radius 1 is 1.15 bits per heavy atom. The Morgan fingerprint density at radius 2 is 1.82 bits per heavy atom. The lowest BCUT2D eigenvalue weighted by Crippen LogP contribution is -2.44. The van der Waals surface area contributed by atoms with Crippen LogP contribution in [0, 0.1) is 0 Å². The van der Waals surface area contributed by atoms with Crippen molar-refractivity contribution < 1.29 is 44.8 Å². The molecule has 0 aliphatic heterocycles. The number of hydrogen-bond acceptors (Lipinski definition) is 6. The normalized spacial score (nSPS) is 21.2. The van der Waals surface area contributed by atoms with Crippen LogP contribution < -0.4 is 4.72 Å². The van der Waals surface area contributed by atoms with Gasteiger partial charge in [0.2, 0.25) is 5.76 Å². The average molecular weight is 508 g/mol. The van der Waals surface area contributed by atoms with Crippen LogP contribution >= 0.6 is 11.3 Å². The number of aliphatic carboxylic acids is 1. The summed E-state index contributed by atoms with van der Waals surface area (Å²) in [5.74, 6) is -8.99. The first kappa shape index (κ1) is 23.3. The van der Waals surface area contributed by atoms with Crippen LogP contribution in [-0.4, -0.2) is 36.4 Å². The van der Waals surface area contributed by atoms with E-state index in [0.29, 0.717) is 23.0 Å². The Balaban J connectivity index is 1.58. The van der Waals surface area contributed by atoms with Crippen LogP contribution in [0.1, 0.15) is 23.7 Å². The third-order valence-electron chi connectivity index (χ3n) is 5.14. The Bertz CT molecular complexity index is 1300. The predicted molar refractivity (Wildman–Crippen MR) is 104 cm³/mol. The largest absolute Gasteiger partial charge is 0.480 e. The SMILES string of the molecule is O=C(O)[C@]1(NS(=O)(=O)c2ccc(-c3cc(C(F)(F)C(F)(F)F)on3)s2)C[C@H]1c1ccccc1. The molecule has 14 heteroatoms. The molecule has 2 atom stereocenters. The number of benzene rings is 1. The molecule has 33 heavy (non-hydrogen) atoms. The Hall–Kier alpha value is -2.84. The third kappa shape index (κ3) is 4.02. The molecule has 7 nitrogen and oxygen atoms in total. The summed E-state index contributed by atoms with van der Waals surface area (Å²) in [6, 6.07) is 11.0. The fraction of sp³-hybridized carbons (Fsp3) is 0.263. The van der Waals surface area contributed by atoms with Crippen LogP contribution in [0.3, 0.4) is 0 Å². The van der Waals surface area contributed by atoms with Crippen LogP contribution in [0.2, 0.25) is 0 Å². The molecule has 0 spiro atoms. The van der Waals surface area contributed by atoms with E-state index in [1.165, 1.54) is 0 Å². The molecule has 1 aromatic carbocycles. The fourth-order valence-electron chi connectivity index (χ4n) is 3.31. The van der Waals surface area contributed by atoms with Gasteiger partial charge in [-0.15, -0.1) is 11.3 Å². The monoisotopic (exact) mass is 508 g/mol. The van der Waals surface area contributed by atoms with E-state index in [4.69, 9.17) is 0 Å². The van der Waals surface area contributed by atoms with Gasteiger partial charge in [0, 0.05) is 12.0 Å². The first-order chi connectivity index (χ1) is 15.3. The van der Waals surface area contributed by atoms with Crippen LogP contribution in [0.15, 0.2) is 57.3 Å². The molecule has 1 saturated carbocycles.